The van der Waals surface area contributed by atoms with Crippen molar-refractivity contribution in [3.63, 3.8) is 0 Å². The molecule has 0 saturated heterocycles. The molecular formula is C18H32N2O. The number of aliphatic hydroxyl groups is 1. The summed E-state index contributed by atoms with van der Waals surface area (Å²) >= 11 is 0. The number of hydrogen-bond donors (Lipinski definition) is 2. The highest BCUT2D eigenvalue weighted by Crippen LogP contribution is 2.19. The zero-order valence-corrected chi connectivity index (χ0v) is 13.9. The van der Waals surface area contributed by atoms with Crippen LogP contribution in [0.4, 0.5) is 5.69 Å². The van der Waals surface area contributed by atoms with Gasteiger partial charge in [0, 0.05) is 24.3 Å². The van der Waals surface area contributed by atoms with Crippen LogP contribution in [0.25, 0.3) is 0 Å². The van der Waals surface area contributed by atoms with E-state index in [9.17, 15) is 5.11 Å². The van der Waals surface area contributed by atoms with Crippen molar-refractivity contribution < 1.29 is 5.11 Å². The van der Waals surface area contributed by atoms with Gasteiger partial charge in [-0.2, -0.15) is 0 Å². The molecule has 1 atom stereocenters. The maximum absolute atomic E-state index is 9.62. The summed E-state index contributed by atoms with van der Waals surface area (Å²) in [7, 11) is 1.95. The first-order valence-corrected chi connectivity index (χ1v) is 8.31. The van der Waals surface area contributed by atoms with Crippen LogP contribution in [0.15, 0.2) is 30.3 Å². The van der Waals surface area contributed by atoms with Crippen LogP contribution in [0.5, 0.6) is 0 Å². The maximum atomic E-state index is 9.62. The summed E-state index contributed by atoms with van der Waals surface area (Å²) < 4.78 is 0. The Kier molecular flexibility index (Phi) is 8.40. The van der Waals surface area contributed by atoms with Crippen LogP contribution in [0.1, 0.15) is 46.0 Å². The molecule has 1 aromatic carbocycles. The third kappa shape index (κ3) is 5.68. The van der Waals surface area contributed by atoms with Crippen molar-refractivity contribution in [3.05, 3.63) is 30.3 Å². The lowest BCUT2D eigenvalue weighted by Crippen LogP contribution is -2.46. The number of para-hydroxylation sites is 1. The second-order valence-corrected chi connectivity index (χ2v) is 5.82. The van der Waals surface area contributed by atoms with Crippen molar-refractivity contribution in [3.8, 4) is 0 Å². The van der Waals surface area contributed by atoms with Crippen molar-refractivity contribution in [2.75, 3.05) is 31.6 Å². The topological polar surface area (TPSA) is 35.5 Å². The first-order chi connectivity index (χ1) is 10.2. The summed E-state index contributed by atoms with van der Waals surface area (Å²) in [6.45, 7) is 6.74. The van der Waals surface area contributed by atoms with Gasteiger partial charge in [0.25, 0.3) is 0 Å². The van der Waals surface area contributed by atoms with Gasteiger partial charge in [-0.1, -0.05) is 38.5 Å². The van der Waals surface area contributed by atoms with Gasteiger partial charge in [-0.25, -0.2) is 0 Å². The fourth-order valence-electron chi connectivity index (χ4n) is 2.71. The predicted octanol–water partition coefficient (Wildman–Crippen LogP) is 3.43. The fourth-order valence-corrected chi connectivity index (χ4v) is 2.71. The Morgan fingerprint density at radius 3 is 2.29 bits per heavy atom. The predicted molar refractivity (Wildman–Crippen MR) is 92.0 cm³/mol. The molecule has 1 aromatic rings. The number of hydrogen-bond acceptors (Lipinski definition) is 3. The zero-order valence-electron chi connectivity index (χ0n) is 13.9. The highest BCUT2D eigenvalue weighted by Gasteiger charge is 2.24. The summed E-state index contributed by atoms with van der Waals surface area (Å²) in [5.41, 5.74) is 1.19. The molecule has 0 aliphatic heterocycles. The Labute approximate surface area is 130 Å². The average molecular weight is 292 g/mol. The van der Waals surface area contributed by atoms with Crippen molar-refractivity contribution in [1.82, 2.24) is 5.32 Å². The molecule has 0 amide bonds. The summed E-state index contributed by atoms with van der Waals surface area (Å²) in [6, 6.07) is 10.6. The SMILES string of the molecule is CCCCN(CCCC(CC)(CO)NC)c1ccccc1. The third-order valence-electron chi connectivity index (χ3n) is 4.50. The molecule has 2 N–H and O–H groups in total. The van der Waals surface area contributed by atoms with E-state index in [-0.39, 0.29) is 12.1 Å². The van der Waals surface area contributed by atoms with Crippen LogP contribution < -0.4 is 10.2 Å². The minimum absolute atomic E-state index is 0.118. The van der Waals surface area contributed by atoms with E-state index < -0.39 is 0 Å². The Hall–Kier alpha value is -1.06. The number of nitrogens with zero attached hydrogens (tertiary/aromatic N) is 1. The largest absolute Gasteiger partial charge is 0.394 e. The van der Waals surface area contributed by atoms with Gasteiger partial charge < -0.3 is 15.3 Å². The van der Waals surface area contributed by atoms with E-state index >= 15 is 0 Å². The first-order valence-electron chi connectivity index (χ1n) is 8.31. The molecule has 0 radical (unpaired) electrons. The molecule has 120 valence electrons. The molecule has 1 rings (SSSR count). The van der Waals surface area contributed by atoms with E-state index in [2.05, 4.69) is 54.4 Å². The number of likely N-dealkylation sites (N-methyl/N-ethyl adjacent to an activating group) is 1. The van der Waals surface area contributed by atoms with Crippen LogP contribution >= 0.6 is 0 Å². The molecule has 0 heterocycles. The molecule has 0 bridgehead atoms. The normalized spacial score (nSPS) is 13.9. The van der Waals surface area contributed by atoms with Crippen molar-refractivity contribution in [2.24, 2.45) is 0 Å². The lowest BCUT2D eigenvalue weighted by Gasteiger charge is -2.32. The van der Waals surface area contributed by atoms with Crippen LogP contribution in [0.2, 0.25) is 0 Å². The molecule has 3 nitrogen and oxygen atoms in total. The van der Waals surface area contributed by atoms with E-state index in [0.29, 0.717) is 0 Å². The van der Waals surface area contributed by atoms with Crippen molar-refractivity contribution in [1.29, 1.82) is 0 Å². The Morgan fingerprint density at radius 2 is 1.76 bits per heavy atom. The van der Waals surface area contributed by atoms with Crippen LogP contribution in [-0.2, 0) is 0 Å². The quantitative estimate of drug-likeness (QED) is 0.656. The molecule has 0 aromatic heterocycles. The summed E-state index contributed by atoms with van der Waals surface area (Å²) in [4.78, 5) is 2.47. The van der Waals surface area contributed by atoms with E-state index in [1.165, 1.54) is 18.5 Å². The van der Waals surface area contributed by atoms with Gasteiger partial charge >= 0.3 is 0 Å². The molecule has 1 unspecified atom stereocenters. The van der Waals surface area contributed by atoms with Gasteiger partial charge in [-0.15, -0.1) is 0 Å². The fraction of sp³-hybridized carbons (Fsp3) is 0.667. The Bertz CT molecular complexity index is 354. The summed E-state index contributed by atoms with van der Waals surface area (Å²) in [6.07, 6.45) is 5.50. The number of nitrogens with one attached hydrogen (secondary N) is 1. The monoisotopic (exact) mass is 292 g/mol. The Balaban J connectivity index is 2.58. The minimum Gasteiger partial charge on any atom is -0.394 e. The highest BCUT2D eigenvalue weighted by molar-refractivity contribution is 5.45. The molecule has 0 fully saturated rings. The molecular weight excluding hydrogens is 260 g/mol. The molecule has 0 aliphatic carbocycles. The lowest BCUT2D eigenvalue weighted by molar-refractivity contribution is 0.153. The number of unbranched alkanes of at least 4 members (excludes halogenated alkanes) is 1. The van der Waals surface area contributed by atoms with E-state index in [0.717, 1.165) is 32.4 Å². The van der Waals surface area contributed by atoms with Crippen molar-refractivity contribution >= 4 is 5.69 Å². The second kappa shape index (κ2) is 9.80. The van der Waals surface area contributed by atoms with Crippen LogP contribution in [-0.4, -0.2) is 37.4 Å². The summed E-state index contributed by atoms with van der Waals surface area (Å²) in [5.74, 6) is 0. The van der Waals surface area contributed by atoms with Crippen LogP contribution in [0, 0.1) is 0 Å². The van der Waals surface area contributed by atoms with Gasteiger partial charge in [0.15, 0.2) is 0 Å². The first kappa shape index (κ1) is 18.0. The van der Waals surface area contributed by atoms with E-state index in [4.69, 9.17) is 0 Å². The van der Waals surface area contributed by atoms with Crippen molar-refractivity contribution in [2.45, 2.75) is 51.5 Å². The number of aliphatic hydroxyl groups excluding tert-OH is 1. The number of benzene rings is 1. The van der Waals surface area contributed by atoms with E-state index in [1.54, 1.807) is 0 Å². The Morgan fingerprint density at radius 1 is 1.10 bits per heavy atom. The number of rotatable bonds is 11. The van der Waals surface area contributed by atoms with Gasteiger partial charge in [-0.3, -0.25) is 0 Å². The number of anilines is 1. The summed E-state index contributed by atoms with van der Waals surface area (Å²) in [5, 5.41) is 12.9. The van der Waals surface area contributed by atoms with Gasteiger partial charge in [-0.05, 0) is 44.9 Å². The molecule has 0 aliphatic rings. The van der Waals surface area contributed by atoms with Gasteiger partial charge in [0.2, 0.25) is 0 Å². The van der Waals surface area contributed by atoms with Crippen LogP contribution in [0.3, 0.4) is 0 Å². The zero-order chi connectivity index (χ0) is 15.6. The second-order valence-electron chi connectivity index (χ2n) is 5.82. The van der Waals surface area contributed by atoms with E-state index in [1.807, 2.05) is 7.05 Å². The average Bonchev–Trinajstić information content (AvgIpc) is 2.56. The molecule has 21 heavy (non-hydrogen) atoms. The minimum atomic E-state index is -0.118. The molecule has 0 saturated carbocycles. The smallest absolute Gasteiger partial charge is 0.0613 e. The third-order valence-corrected chi connectivity index (χ3v) is 4.50. The van der Waals surface area contributed by atoms with Gasteiger partial charge in [0.1, 0.15) is 0 Å². The molecule has 3 heteroatoms. The maximum Gasteiger partial charge on any atom is 0.0613 e. The lowest BCUT2D eigenvalue weighted by atomic mass is 9.91. The molecule has 0 spiro atoms. The standard InChI is InChI=1S/C18H32N2O/c1-4-6-14-20(17-11-8-7-9-12-17)15-10-13-18(5-2,16-21)19-3/h7-9,11-12,19,21H,4-6,10,13-16H2,1-3H3. The van der Waals surface area contributed by atoms with Gasteiger partial charge in [0.05, 0.1) is 6.61 Å². The highest BCUT2D eigenvalue weighted by atomic mass is 16.3.